The zero-order valence-electron chi connectivity index (χ0n) is 19.0. The summed E-state index contributed by atoms with van der Waals surface area (Å²) < 4.78 is 48.3. The van der Waals surface area contributed by atoms with Crippen LogP contribution in [0.4, 0.5) is 20.6 Å². The number of nitrogens with zero attached hydrogens (tertiary/aromatic N) is 4. The monoisotopic (exact) mass is 520 g/mol. The highest BCUT2D eigenvalue weighted by molar-refractivity contribution is 7.89. The average molecular weight is 520 g/mol. The highest BCUT2D eigenvalue weighted by Crippen LogP contribution is 2.28. The number of non-ortho nitro benzene ring substituents is 1. The molecule has 3 aromatic rings. The Bertz CT molecular complexity index is 1510. The van der Waals surface area contributed by atoms with Crippen LogP contribution < -0.4 is 15.1 Å². The molecule has 1 aliphatic heterocycles. The Labute approximate surface area is 203 Å². The van der Waals surface area contributed by atoms with Crippen molar-refractivity contribution in [2.45, 2.75) is 18.4 Å². The number of halogens is 1. The van der Waals surface area contributed by atoms with E-state index < -0.39 is 38.1 Å². The molecule has 0 amide bonds. The van der Waals surface area contributed by atoms with Crippen molar-refractivity contribution in [1.29, 1.82) is 0 Å². The highest BCUT2D eigenvalue weighted by atomic mass is 32.2. The van der Waals surface area contributed by atoms with Crippen LogP contribution in [0.5, 0.6) is 5.75 Å². The van der Waals surface area contributed by atoms with Gasteiger partial charge in [0.1, 0.15) is 5.82 Å². The number of benzene rings is 2. The van der Waals surface area contributed by atoms with Gasteiger partial charge in [-0.2, -0.15) is 4.31 Å². The van der Waals surface area contributed by atoms with E-state index in [1.165, 1.54) is 28.7 Å². The van der Waals surface area contributed by atoms with Gasteiger partial charge in [-0.05, 0) is 31.2 Å². The molecule has 0 spiro atoms. The molecule has 0 unspecified atom stereocenters. The number of fused-ring (bicyclic) bond motifs is 1. The number of nitro benzene ring substituents is 1. The standard InChI is InChI=1S/C22H21FN4O8S/c1-2-24-13-20(35-22(29)30)21(28)16-11-17(23)19(12-18(16)24)25-7-9-26(10-8-25)36(33,34)15-5-3-14(4-6-15)27(31)32/h3-6,11-13H,2,7-10H2,1H3,(H,29,30). The highest BCUT2D eigenvalue weighted by Gasteiger charge is 2.30. The van der Waals surface area contributed by atoms with Gasteiger partial charge in [0, 0.05) is 44.9 Å². The van der Waals surface area contributed by atoms with E-state index in [9.17, 15) is 28.1 Å². The SMILES string of the molecule is CCn1cc(OC(=O)O)c(=O)c2cc(F)c(N3CCN(S(=O)(=O)c4ccc([N+](=O)[O-])cc4)CC3)cc21. The molecule has 2 heterocycles. The van der Waals surface area contributed by atoms with Crippen molar-refractivity contribution in [3.8, 4) is 5.75 Å². The first kappa shape index (κ1) is 25.1. The van der Waals surface area contributed by atoms with Crippen molar-refractivity contribution in [1.82, 2.24) is 8.87 Å². The molecule has 36 heavy (non-hydrogen) atoms. The van der Waals surface area contributed by atoms with Gasteiger partial charge in [-0.25, -0.2) is 17.6 Å². The molecule has 4 rings (SSSR count). The van der Waals surface area contributed by atoms with Crippen LogP contribution in [-0.2, 0) is 16.6 Å². The zero-order valence-corrected chi connectivity index (χ0v) is 19.8. The number of ether oxygens (including phenoxy) is 1. The van der Waals surface area contributed by atoms with E-state index in [2.05, 4.69) is 4.74 Å². The number of carbonyl (C=O) groups is 1. The number of piperazine rings is 1. The van der Waals surface area contributed by atoms with Crippen LogP contribution in [-0.4, -0.2) is 59.7 Å². The smallest absolute Gasteiger partial charge is 0.449 e. The summed E-state index contributed by atoms with van der Waals surface area (Å²) in [6.45, 7) is 2.51. The third-order valence-electron chi connectivity index (χ3n) is 5.92. The number of aromatic nitrogens is 1. The first-order valence-electron chi connectivity index (χ1n) is 10.8. The maximum atomic E-state index is 15.1. The van der Waals surface area contributed by atoms with Crippen LogP contribution in [0.2, 0.25) is 0 Å². The van der Waals surface area contributed by atoms with Crippen LogP contribution in [0, 0.1) is 15.9 Å². The Morgan fingerprint density at radius 3 is 2.36 bits per heavy atom. The second kappa shape index (κ2) is 9.54. The summed E-state index contributed by atoms with van der Waals surface area (Å²) in [6, 6.07) is 7.08. The van der Waals surface area contributed by atoms with Crippen molar-refractivity contribution in [2.24, 2.45) is 0 Å². The van der Waals surface area contributed by atoms with Gasteiger partial charge in [0.2, 0.25) is 15.5 Å². The molecule has 1 fully saturated rings. The Hall–Kier alpha value is -4.04. The van der Waals surface area contributed by atoms with Gasteiger partial charge in [-0.3, -0.25) is 14.9 Å². The van der Waals surface area contributed by atoms with Crippen LogP contribution in [0.25, 0.3) is 10.9 Å². The first-order chi connectivity index (χ1) is 17.0. The lowest BCUT2D eigenvalue weighted by molar-refractivity contribution is -0.384. The van der Waals surface area contributed by atoms with E-state index in [0.717, 1.165) is 18.2 Å². The minimum absolute atomic E-state index is 0.0444. The maximum absolute atomic E-state index is 15.1. The lowest BCUT2D eigenvalue weighted by Gasteiger charge is -2.35. The normalized spacial score (nSPS) is 14.7. The predicted octanol–water partition coefficient (Wildman–Crippen LogP) is 2.64. The molecule has 0 bridgehead atoms. The van der Waals surface area contributed by atoms with Crippen molar-refractivity contribution in [3.05, 3.63) is 68.7 Å². The van der Waals surface area contributed by atoms with Gasteiger partial charge >= 0.3 is 6.16 Å². The second-order valence-corrected chi connectivity index (χ2v) is 9.88. The summed E-state index contributed by atoms with van der Waals surface area (Å²) in [7, 11) is -3.90. The van der Waals surface area contributed by atoms with E-state index in [1.807, 2.05) is 0 Å². The number of hydrogen-bond acceptors (Lipinski definition) is 8. The number of sulfonamides is 1. The number of rotatable bonds is 6. The number of pyridine rings is 1. The van der Waals surface area contributed by atoms with Crippen LogP contribution >= 0.6 is 0 Å². The molecule has 1 N–H and O–H groups in total. The number of anilines is 1. The number of carboxylic acid groups (broad SMARTS) is 1. The minimum Gasteiger partial charge on any atom is -0.449 e. The first-order valence-corrected chi connectivity index (χ1v) is 12.2. The minimum atomic E-state index is -3.90. The van der Waals surface area contributed by atoms with Gasteiger partial charge in [0.25, 0.3) is 5.69 Å². The maximum Gasteiger partial charge on any atom is 0.511 e. The summed E-state index contributed by atoms with van der Waals surface area (Å²) in [4.78, 5) is 35.3. The van der Waals surface area contributed by atoms with E-state index in [1.54, 1.807) is 16.4 Å². The topological polar surface area (TPSA) is 152 Å². The molecule has 0 saturated carbocycles. The van der Waals surface area contributed by atoms with Gasteiger partial charge in [0.05, 0.1) is 32.6 Å². The molecule has 0 radical (unpaired) electrons. The summed E-state index contributed by atoms with van der Waals surface area (Å²) in [5.74, 6) is -1.16. The van der Waals surface area contributed by atoms with Crippen molar-refractivity contribution in [2.75, 3.05) is 31.1 Å². The summed E-state index contributed by atoms with van der Waals surface area (Å²) in [6.07, 6.45) is -0.414. The second-order valence-electron chi connectivity index (χ2n) is 7.94. The largest absolute Gasteiger partial charge is 0.511 e. The number of hydrogen-bond donors (Lipinski definition) is 1. The van der Waals surface area contributed by atoms with Gasteiger partial charge in [-0.15, -0.1) is 0 Å². The molecule has 1 aromatic heterocycles. The third kappa shape index (κ3) is 4.59. The Morgan fingerprint density at radius 1 is 1.17 bits per heavy atom. The summed E-state index contributed by atoms with van der Waals surface area (Å²) >= 11 is 0. The van der Waals surface area contributed by atoms with Gasteiger partial charge < -0.3 is 19.3 Å². The predicted molar refractivity (Wildman–Crippen MR) is 127 cm³/mol. The van der Waals surface area contributed by atoms with Gasteiger partial charge in [-0.1, -0.05) is 0 Å². The summed E-state index contributed by atoms with van der Waals surface area (Å²) in [5.41, 5.74) is -0.444. The Balaban J connectivity index is 1.60. The molecule has 190 valence electrons. The van der Waals surface area contributed by atoms with Crippen LogP contribution in [0.3, 0.4) is 0 Å². The quantitative estimate of drug-likeness (QED) is 0.294. The summed E-state index contributed by atoms with van der Waals surface area (Å²) in [5, 5.41) is 19.6. The fourth-order valence-corrected chi connectivity index (χ4v) is 5.52. The van der Waals surface area contributed by atoms with Crippen LogP contribution in [0.15, 0.2) is 52.3 Å². The molecular formula is C22H21FN4O8S. The van der Waals surface area contributed by atoms with Crippen molar-refractivity contribution < 1.29 is 32.4 Å². The molecule has 12 nitrogen and oxygen atoms in total. The van der Waals surface area contributed by atoms with E-state index in [-0.39, 0.29) is 47.8 Å². The molecule has 1 aliphatic rings. The molecular weight excluding hydrogens is 499 g/mol. The average Bonchev–Trinajstić information content (AvgIpc) is 2.85. The van der Waals surface area contributed by atoms with Gasteiger partial charge in [0.15, 0.2) is 5.75 Å². The lowest BCUT2D eigenvalue weighted by Crippen LogP contribution is -2.48. The third-order valence-corrected chi connectivity index (χ3v) is 7.83. The van der Waals surface area contributed by atoms with Crippen LogP contribution in [0.1, 0.15) is 6.92 Å². The van der Waals surface area contributed by atoms with Crippen molar-refractivity contribution >= 4 is 38.5 Å². The molecule has 14 heteroatoms. The number of aryl methyl sites for hydroxylation is 1. The Morgan fingerprint density at radius 2 is 1.81 bits per heavy atom. The Kier molecular flexibility index (Phi) is 6.65. The lowest BCUT2D eigenvalue weighted by atomic mass is 10.1. The fourth-order valence-electron chi connectivity index (χ4n) is 4.10. The van der Waals surface area contributed by atoms with E-state index >= 15 is 4.39 Å². The van der Waals surface area contributed by atoms with E-state index in [4.69, 9.17) is 5.11 Å². The van der Waals surface area contributed by atoms with E-state index in [0.29, 0.717) is 12.1 Å². The zero-order chi connectivity index (χ0) is 26.2. The molecule has 2 aromatic carbocycles. The van der Waals surface area contributed by atoms with Crippen molar-refractivity contribution in [3.63, 3.8) is 0 Å². The molecule has 1 saturated heterocycles. The molecule has 0 atom stereocenters. The number of nitro groups is 1. The fraction of sp³-hybridized carbons (Fsp3) is 0.273. The molecule has 0 aliphatic carbocycles.